The lowest BCUT2D eigenvalue weighted by atomic mass is 10.1. The van der Waals surface area contributed by atoms with Crippen LogP contribution in [0.25, 0.3) is 0 Å². The molecule has 0 saturated heterocycles. The first-order valence-electron chi connectivity index (χ1n) is 10.0. The number of aliphatic imine (C=N–C) groups is 1. The van der Waals surface area contributed by atoms with Gasteiger partial charge in [-0.2, -0.15) is 0 Å². The van der Waals surface area contributed by atoms with Crippen LogP contribution in [-0.2, 0) is 6.54 Å². The van der Waals surface area contributed by atoms with Crippen LogP contribution in [0.15, 0.2) is 53.5 Å². The summed E-state index contributed by atoms with van der Waals surface area (Å²) in [6.07, 6.45) is 0.875. The van der Waals surface area contributed by atoms with Crippen LogP contribution in [0, 0.1) is 6.92 Å². The van der Waals surface area contributed by atoms with E-state index in [2.05, 4.69) is 22.5 Å². The molecule has 0 bridgehead atoms. The molecule has 0 aliphatic rings. The fourth-order valence-corrected chi connectivity index (χ4v) is 2.63. The number of hydrogen-bond acceptors (Lipinski definition) is 3. The van der Waals surface area contributed by atoms with Gasteiger partial charge in [-0.25, -0.2) is 4.99 Å². The first kappa shape index (κ1) is 22.3. The minimum Gasteiger partial charge on any atom is -0.494 e. The van der Waals surface area contributed by atoms with Crippen molar-refractivity contribution in [2.24, 2.45) is 4.99 Å². The molecule has 0 fully saturated rings. The van der Waals surface area contributed by atoms with Crippen LogP contribution in [0.1, 0.15) is 34.8 Å². The van der Waals surface area contributed by atoms with Gasteiger partial charge >= 0.3 is 0 Å². The number of nitrogens with one attached hydrogen (secondary N) is 2. The van der Waals surface area contributed by atoms with Gasteiger partial charge in [-0.1, -0.05) is 29.8 Å². The minimum atomic E-state index is 0.00270. The average Bonchev–Trinajstić information content (AvgIpc) is 2.72. The topological polar surface area (TPSA) is 66.0 Å². The molecule has 0 heterocycles. The number of rotatable bonds is 9. The Hall–Kier alpha value is -3.02. The van der Waals surface area contributed by atoms with Crippen LogP contribution in [0.3, 0.4) is 0 Å². The van der Waals surface area contributed by atoms with E-state index in [1.54, 1.807) is 19.0 Å². The van der Waals surface area contributed by atoms with Crippen molar-refractivity contribution in [2.45, 2.75) is 26.8 Å². The zero-order valence-corrected chi connectivity index (χ0v) is 17.9. The Bertz CT molecular complexity index is 784. The Balaban J connectivity index is 1.78. The highest BCUT2D eigenvalue weighted by Crippen LogP contribution is 2.11. The van der Waals surface area contributed by atoms with Crippen LogP contribution in [-0.4, -0.2) is 50.6 Å². The first-order chi connectivity index (χ1) is 14.0. The summed E-state index contributed by atoms with van der Waals surface area (Å²) < 4.78 is 5.75. The molecule has 29 heavy (non-hydrogen) atoms. The smallest absolute Gasteiger partial charge is 0.253 e. The van der Waals surface area contributed by atoms with Gasteiger partial charge in [0.25, 0.3) is 5.91 Å². The van der Waals surface area contributed by atoms with Gasteiger partial charge in [0.05, 0.1) is 13.2 Å². The molecule has 0 aliphatic heterocycles. The second-order valence-corrected chi connectivity index (χ2v) is 7.03. The van der Waals surface area contributed by atoms with Crippen LogP contribution in [0.5, 0.6) is 5.75 Å². The van der Waals surface area contributed by atoms with Gasteiger partial charge in [0.2, 0.25) is 0 Å². The Morgan fingerprint density at radius 1 is 1.03 bits per heavy atom. The van der Waals surface area contributed by atoms with Gasteiger partial charge in [0.1, 0.15) is 5.75 Å². The molecular formula is C23H32N4O2. The van der Waals surface area contributed by atoms with E-state index in [0.717, 1.165) is 36.8 Å². The largest absolute Gasteiger partial charge is 0.494 e. The molecule has 6 heteroatoms. The lowest BCUT2D eigenvalue weighted by Crippen LogP contribution is -2.38. The Labute approximate surface area is 174 Å². The second kappa shape index (κ2) is 11.7. The number of amides is 1. The van der Waals surface area contributed by atoms with Crippen molar-refractivity contribution in [3.63, 3.8) is 0 Å². The predicted octanol–water partition coefficient (Wildman–Crippen LogP) is 3.22. The van der Waals surface area contributed by atoms with Crippen molar-refractivity contribution in [3.05, 3.63) is 65.2 Å². The summed E-state index contributed by atoms with van der Waals surface area (Å²) in [7, 11) is 3.50. The molecule has 2 aromatic rings. The van der Waals surface area contributed by atoms with E-state index >= 15 is 0 Å². The highest BCUT2D eigenvalue weighted by molar-refractivity contribution is 5.93. The monoisotopic (exact) mass is 396 g/mol. The van der Waals surface area contributed by atoms with Crippen LogP contribution in [0.2, 0.25) is 0 Å². The zero-order chi connectivity index (χ0) is 21.1. The molecule has 1 amide bonds. The van der Waals surface area contributed by atoms with Crippen molar-refractivity contribution in [2.75, 3.05) is 33.8 Å². The predicted molar refractivity (Wildman–Crippen MR) is 119 cm³/mol. The summed E-state index contributed by atoms with van der Waals surface area (Å²) in [6, 6.07) is 15.7. The summed E-state index contributed by atoms with van der Waals surface area (Å²) in [5.41, 5.74) is 2.96. The number of guanidine groups is 1. The quantitative estimate of drug-likeness (QED) is 0.388. The molecule has 156 valence electrons. The van der Waals surface area contributed by atoms with Gasteiger partial charge < -0.3 is 20.3 Å². The number of aryl methyl sites for hydroxylation is 1. The number of benzene rings is 2. The fraction of sp³-hybridized carbons (Fsp3) is 0.391. The highest BCUT2D eigenvalue weighted by Gasteiger charge is 2.07. The van der Waals surface area contributed by atoms with Gasteiger partial charge in [-0.3, -0.25) is 4.79 Å². The van der Waals surface area contributed by atoms with Crippen LogP contribution in [0.4, 0.5) is 0 Å². The van der Waals surface area contributed by atoms with E-state index < -0.39 is 0 Å². The summed E-state index contributed by atoms with van der Waals surface area (Å²) in [5, 5.41) is 6.58. The SMILES string of the molecule is CCNC(=NCc1ccc(C(=O)N(C)C)cc1)NCCCOc1ccc(C)cc1. The standard InChI is InChI=1S/C23H32N4O2/c1-5-24-23(25-15-6-16-29-21-13-7-18(2)8-14-21)26-17-19-9-11-20(12-10-19)22(28)27(3)4/h7-14H,5-6,15-17H2,1-4H3,(H2,24,25,26). The molecule has 6 nitrogen and oxygen atoms in total. The molecule has 2 aromatic carbocycles. The van der Waals surface area contributed by atoms with Gasteiger partial charge in [-0.15, -0.1) is 0 Å². The van der Waals surface area contributed by atoms with E-state index in [1.165, 1.54) is 5.56 Å². The molecule has 0 aliphatic carbocycles. The average molecular weight is 397 g/mol. The van der Waals surface area contributed by atoms with Crippen molar-refractivity contribution in [3.8, 4) is 5.75 Å². The molecule has 2 N–H and O–H groups in total. The van der Waals surface area contributed by atoms with E-state index in [-0.39, 0.29) is 5.91 Å². The van der Waals surface area contributed by atoms with Gasteiger partial charge in [0.15, 0.2) is 5.96 Å². The number of carbonyl (C=O) groups excluding carboxylic acids is 1. The summed E-state index contributed by atoms with van der Waals surface area (Å²) in [4.78, 5) is 18.1. The third-order valence-electron chi connectivity index (χ3n) is 4.27. The van der Waals surface area contributed by atoms with E-state index in [9.17, 15) is 4.79 Å². The zero-order valence-electron chi connectivity index (χ0n) is 17.9. The van der Waals surface area contributed by atoms with E-state index in [0.29, 0.717) is 18.7 Å². The third kappa shape index (κ3) is 7.86. The summed E-state index contributed by atoms with van der Waals surface area (Å²) in [6.45, 7) is 6.87. The number of ether oxygens (including phenoxy) is 1. The van der Waals surface area contributed by atoms with E-state index in [4.69, 9.17) is 4.74 Å². The first-order valence-corrected chi connectivity index (χ1v) is 10.0. The molecule has 0 aromatic heterocycles. The molecule has 0 atom stereocenters. The molecule has 0 spiro atoms. The minimum absolute atomic E-state index is 0.00270. The Kier molecular flexibility index (Phi) is 9.02. The number of nitrogens with zero attached hydrogens (tertiary/aromatic N) is 2. The lowest BCUT2D eigenvalue weighted by Gasteiger charge is -2.12. The maximum atomic E-state index is 12.0. The lowest BCUT2D eigenvalue weighted by molar-refractivity contribution is 0.0827. The summed E-state index contributed by atoms with van der Waals surface area (Å²) >= 11 is 0. The maximum Gasteiger partial charge on any atom is 0.253 e. The number of hydrogen-bond donors (Lipinski definition) is 2. The van der Waals surface area contributed by atoms with Crippen LogP contribution < -0.4 is 15.4 Å². The molecule has 0 radical (unpaired) electrons. The van der Waals surface area contributed by atoms with Gasteiger partial charge in [-0.05, 0) is 50.1 Å². The Morgan fingerprint density at radius 2 is 1.72 bits per heavy atom. The molecule has 0 saturated carbocycles. The normalized spacial score (nSPS) is 11.1. The molecular weight excluding hydrogens is 364 g/mol. The van der Waals surface area contributed by atoms with Crippen molar-refractivity contribution in [1.29, 1.82) is 0 Å². The van der Waals surface area contributed by atoms with Crippen LogP contribution >= 0.6 is 0 Å². The van der Waals surface area contributed by atoms with Crippen molar-refractivity contribution >= 4 is 11.9 Å². The van der Waals surface area contributed by atoms with Crippen molar-refractivity contribution in [1.82, 2.24) is 15.5 Å². The second-order valence-electron chi connectivity index (χ2n) is 7.03. The fourth-order valence-electron chi connectivity index (χ4n) is 2.63. The maximum absolute atomic E-state index is 12.0. The molecule has 0 unspecified atom stereocenters. The summed E-state index contributed by atoms with van der Waals surface area (Å²) in [5.74, 6) is 1.67. The Morgan fingerprint density at radius 3 is 2.34 bits per heavy atom. The van der Waals surface area contributed by atoms with E-state index in [1.807, 2.05) is 55.5 Å². The highest BCUT2D eigenvalue weighted by atomic mass is 16.5. The van der Waals surface area contributed by atoms with Gasteiger partial charge in [0, 0.05) is 32.7 Å². The molecule has 2 rings (SSSR count). The third-order valence-corrected chi connectivity index (χ3v) is 4.27. The number of carbonyl (C=O) groups is 1. The van der Waals surface area contributed by atoms with Crippen molar-refractivity contribution < 1.29 is 9.53 Å².